The summed E-state index contributed by atoms with van der Waals surface area (Å²) in [6.45, 7) is 5.74. The summed E-state index contributed by atoms with van der Waals surface area (Å²) in [5.41, 5.74) is 2.09. The Morgan fingerprint density at radius 2 is 2.19 bits per heavy atom. The van der Waals surface area contributed by atoms with Crippen molar-refractivity contribution in [3.8, 4) is 10.6 Å². The van der Waals surface area contributed by atoms with E-state index >= 15 is 0 Å². The molecule has 2 aromatic rings. The fourth-order valence-corrected chi connectivity index (χ4v) is 3.99. The molecule has 27 heavy (non-hydrogen) atoms. The first-order valence-corrected chi connectivity index (χ1v) is 10.3. The highest BCUT2D eigenvalue weighted by Crippen LogP contribution is 2.31. The fraction of sp³-hybridized carbons (Fsp3) is 0.500. The first-order chi connectivity index (χ1) is 13.2. The lowest BCUT2D eigenvalue weighted by Gasteiger charge is -2.27. The van der Waals surface area contributed by atoms with Crippen LogP contribution in [0.25, 0.3) is 10.6 Å². The van der Waals surface area contributed by atoms with Crippen LogP contribution in [0.15, 0.2) is 40.7 Å². The van der Waals surface area contributed by atoms with Crippen LogP contribution in [0, 0.1) is 5.41 Å². The van der Waals surface area contributed by atoms with Crippen molar-refractivity contribution in [2.75, 3.05) is 32.9 Å². The van der Waals surface area contributed by atoms with Crippen molar-refractivity contribution >= 4 is 17.3 Å². The van der Waals surface area contributed by atoms with Crippen molar-refractivity contribution in [3.63, 3.8) is 0 Å². The van der Waals surface area contributed by atoms with Gasteiger partial charge < -0.3 is 20.5 Å². The van der Waals surface area contributed by atoms with E-state index in [1.165, 1.54) is 0 Å². The number of nitrogens with zero attached hydrogens (tertiary/aromatic N) is 2. The summed E-state index contributed by atoms with van der Waals surface area (Å²) < 4.78 is 5.56. The number of ether oxygens (including phenoxy) is 1. The number of rotatable bonds is 8. The van der Waals surface area contributed by atoms with Gasteiger partial charge in [0.05, 0.1) is 18.8 Å². The number of aliphatic hydroxyl groups excluding tert-OH is 1. The average molecular weight is 389 g/mol. The van der Waals surface area contributed by atoms with E-state index in [1.807, 2.05) is 18.2 Å². The van der Waals surface area contributed by atoms with Gasteiger partial charge in [0.2, 0.25) is 0 Å². The zero-order chi connectivity index (χ0) is 19.0. The van der Waals surface area contributed by atoms with E-state index < -0.39 is 0 Å². The smallest absolute Gasteiger partial charge is 0.191 e. The third kappa shape index (κ3) is 5.51. The highest BCUT2D eigenvalue weighted by atomic mass is 32.1. The third-order valence-electron chi connectivity index (χ3n) is 4.77. The van der Waals surface area contributed by atoms with Gasteiger partial charge >= 0.3 is 0 Å². The van der Waals surface area contributed by atoms with Crippen LogP contribution in [-0.4, -0.2) is 49.0 Å². The van der Waals surface area contributed by atoms with Crippen molar-refractivity contribution in [2.24, 2.45) is 10.4 Å². The Kier molecular flexibility index (Phi) is 7.20. The van der Waals surface area contributed by atoms with Crippen LogP contribution in [0.3, 0.4) is 0 Å². The molecule has 0 amide bonds. The number of hydrogen-bond acceptors (Lipinski definition) is 5. The number of aliphatic imine (C=N–C) groups is 1. The van der Waals surface area contributed by atoms with Crippen LogP contribution in [0.1, 0.15) is 25.5 Å². The zero-order valence-corrected chi connectivity index (χ0v) is 16.6. The molecule has 1 aromatic carbocycles. The molecule has 1 fully saturated rings. The average Bonchev–Trinajstić information content (AvgIpc) is 3.35. The number of aromatic nitrogens is 1. The zero-order valence-electron chi connectivity index (χ0n) is 15.8. The summed E-state index contributed by atoms with van der Waals surface area (Å²) in [5.74, 6) is 0.774. The van der Waals surface area contributed by atoms with Gasteiger partial charge in [0.1, 0.15) is 5.01 Å². The molecule has 146 valence electrons. The van der Waals surface area contributed by atoms with E-state index in [-0.39, 0.29) is 12.0 Å². The van der Waals surface area contributed by atoms with Crippen molar-refractivity contribution in [1.82, 2.24) is 15.6 Å². The molecule has 2 heterocycles. The van der Waals surface area contributed by atoms with E-state index in [9.17, 15) is 5.11 Å². The van der Waals surface area contributed by atoms with E-state index in [2.05, 4.69) is 40.1 Å². The lowest BCUT2D eigenvalue weighted by Crippen LogP contribution is -2.44. The third-order valence-corrected chi connectivity index (χ3v) is 5.71. The fourth-order valence-electron chi connectivity index (χ4n) is 3.18. The molecule has 1 saturated heterocycles. The highest BCUT2D eigenvalue weighted by Gasteiger charge is 2.34. The van der Waals surface area contributed by atoms with Gasteiger partial charge in [-0.3, -0.25) is 0 Å². The molecule has 1 aliphatic heterocycles. The second-order valence-corrected chi connectivity index (χ2v) is 7.69. The Hall–Kier alpha value is -1.96. The maximum atomic E-state index is 9.37. The molecular weight excluding hydrogens is 360 g/mol. The Bertz CT molecular complexity index is 727. The van der Waals surface area contributed by atoms with Crippen LogP contribution in [0.4, 0.5) is 0 Å². The van der Waals surface area contributed by atoms with Crippen LogP contribution in [-0.2, 0) is 11.3 Å². The highest BCUT2D eigenvalue weighted by molar-refractivity contribution is 7.13. The van der Waals surface area contributed by atoms with Crippen LogP contribution in [0.2, 0.25) is 0 Å². The normalized spacial score (nSPS) is 20.0. The van der Waals surface area contributed by atoms with Gasteiger partial charge in [-0.1, -0.05) is 30.3 Å². The van der Waals surface area contributed by atoms with Gasteiger partial charge in [0, 0.05) is 42.7 Å². The molecule has 7 heteroatoms. The van der Waals surface area contributed by atoms with Crippen LogP contribution in [0.5, 0.6) is 0 Å². The van der Waals surface area contributed by atoms with Gasteiger partial charge in [-0.15, -0.1) is 11.3 Å². The molecule has 1 aliphatic rings. The Labute approximate surface area is 164 Å². The molecule has 3 rings (SSSR count). The summed E-state index contributed by atoms with van der Waals surface area (Å²) in [7, 11) is 0. The number of guanidine groups is 1. The molecule has 1 atom stereocenters. The summed E-state index contributed by atoms with van der Waals surface area (Å²) in [6, 6.07) is 10.2. The lowest BCUT2D eigenvalue weighted by atomic mass is 9.84. The molecule has 6 nitrogen and oxygen atoms in total. The quantitative estimate of drug-likeness (QED) is 0.479. The maximum Gasteiger partial charge on any atom is 0.191 e. The van der Waals surface area contributed by atoms with E-state index in [1.54, 1.807) is 11.3 Å². The van der Waals surface area contributed by atoms with Crippen molar-refractivity contribution < 1.29 is 9.84 Å². The standard InChI is InChI=1S/C20H28N4O2S/c1-2-21-19(23-14-20(8-10-25)9-11-26-15-20)22-12-17-13-27-18(24-17)16-6-4-3-5-7-16/h3-7,13,25H,2,8-12,14-15H2,1H3,(H2,21,22,23). The van der Waals surface area contributed by atoms with Gasteiger partial charge in [-0.25, -0.2) is 9.98 Å². The summed E-state index contributed by atoms with van der Waals surface area (Å²) >= 11 is 1.64. The molecule has 1 unspecified atom stereocenters. The predicted molar refractivity (Wildman–Crippen MR) is 110 cm³/mol. The molecule has 0 bridgehead atoms. The topological polar surface area (TPSA) is 78.8 Å². The second-order valence-electron chi connectivity index (χ2n) is 6.83. The Morgan fingerprint density at radius 1 is 1.33 bits per heavy atom. The first kappa shape index (κ1) is 19.8. The van der Waals surface area contributed by atoms with E-state index in [0.717, 1.165) is 54.8 Å². The molecule has 0 aliphatic carbocycles. The molecule has 0 spiro atoms. The minimum atomic E-state index is -0.00789. The largest absolute Gasteiger partial charge is 0.396 e. The molecule has 1 aromatic heterocycles. The molecule has 0 saturated carbocycles. The van der Waals surface area contributed by atoms with Gasteiger partial charge in [-0.2, -0.15) is 0 Å². The molecular formula is C20H28N4O2S. The Balaban J connectivity index is 1.61. The number of thiazole rings is 1. The SMILES string of the molecule is CCNC(=NCc1csc(-c2ccccc2)n1)NCC1(CCO)CCOC1. The van der Waals surface area contributed by atoms with Gasteiger partial charge in [0.25, 0.3) is 0 Å². The summed E-state index contributed by atoms with van der Waals surface area (Å²) in [5, 5.41) is 19.2. The van der Waals surface area contributed by atoms with E-state index in [4.69, 9.17) is 9.72 Å². The summed E-state index contributed by atoms with van der Waals surface area (Å²) in [4.78, 5) is 9.37. The second kappa shape index (κ2) is 9.82. The minimum Gasteiger partial charge on any atom is -0.396 e. The van der Waals surface area contributed by atoms with Gasteiger partial charge in [0.15, 0.2) is 5.96 Å². The van der Waals surface area contributed by atoms with Gasteiger partial charge in [-0.05, 0) is 19.8 Å². The van der Waals surface area contributed by atoms with Crippen LogP contribution < -0.4 is 10.6 Å². The number of nitrogens with one attached hydrogen (secondary N) is 2. The molecule has 0 radical (unpaired) electrons. The van der Waals surface area contributed by atoms with Crippen LogP contribution >= 0.6 is 11.3 Å². The monoisotopic (exact) mass is 388 g/mol. The summed E-state index contributed by atoms with van der Waals surface area (Å²) in [6.07, 6.45) is 1.71. The maximum absolute atomic E-state index is 9.37. The lowest BCUT2D eigenvalue weighted by molar-refractivity contribution is 0.127. The van der Waals surface area contributed by atoms with Crippen molar-refractivity contribution in [2.45, 2.75) is 26.3 Å². The number of hydrogen-bond donors (Lipinski definition) is 3. The predicted octanol–water partition coefficient (Wildman–Crippen LogP) is 2.65. The first-order valence-electron chi connectivity index (χ1n) is 9.45. The minimum absolute atomic E-state index is 0.00789. The number of benzene rings is 1. The number of aliphatic hydroxyl groups is 1. The van der Waals surface area contributed by atoms with Crippen molar-refractivity contribution in [3.05, 3.63) is 41.4 Å². The molecule has 3 N–H and O–H groups in total. The Morgan fingerprint density at radius 3 is 2.89 bits per heavy atom. The van der Waals surface area contributed by atoms with Crippen molar-refractivity contribution in [1.29, 1.82) is 0 Å². The van der Waals surface area contributed by atoms with E-state index in [0.29, 0.717) is 13.2 Å².